The van der Waals surface area contributed by atoms with Crippen LogP contribution in [0, 0.1) is 10.8 Å². The number of carbonyl (C=O) groups excluding carboxylic acids is 2. The summed E-state index contributed by atoms with van der Waals surface area (Å²) < 4.78 is 0. The van der Waals surface area contributed by atoms with Gasteiger partial charge in [0, 0.05) is 0 Å². The molecule has 0 atom stereocenters. The molecule has 0 saturated carbocycles. The summed E-state index contributed by atoms with van der Waals surface area (Å²) in [5, 5.41) is 10.8. The monoisotopic (exact) mass is 167 g/mol. The lowest BCUT2D eigenvalue weighted by Crippen LogP contribution is -1.73. The maximum Gasteiger partial charge on any atom is 0.231 e. The smallest absolute Gasteiger partial charge is 0.225 e. The molecular weight excluding hydrogens is 162 g/mol. The molecule has 12 heavy (non-hydrogen) atoms. The van der Waals surface area contributed by atoms with E-state index in [2.05, 4.69) is 15.0 Å². The average molecular weight is 167 g/mol. The summed E-state index contributed by atoms with van der Waals surface area (Å²) in [5.74, 6) is 0. The Balaban J connectivity index is 0. The SMILES string of the molecule is N=C=O.N=C=O.c1ncncn1. The number of aromatic nitrogens is 3. The van der Waals surface area contributed by atoms with Gasteiger partial charge < -0.3 is 0 Å². The average Bonchev–Trinajstić information content (AvgIpc) is 2.10. The molecule has 0 radical (unpaired) electrons. The summed E-state index contributed by atoms with van der Waals surface area (Å²) in [5.41, 5.74) is 0. The van der Waals surface area contributed by atoms with Crippen LogP contribution < -0.4 is 0 Å². The lowest BCUT2D eigenvalue weighted by Gasteiger charge is -1.69. The van der Waals surface area contributed by atoms with E-state index in [9.17, 15) is 0 Å². The minimum atomic E-state index is 0.750. The van der Waals surface area contributed by atoms with Crippen LogP contribution in [-0.4, -0.2) is 27.1 Å². The molecule has 1 aromatic heterocycles. The molecule has 0 aromatic carbocycles. The van der Waals surface area contributed by atoms with Crippen LogP contribution in [0.5, 0.6) is 0 Å². The highest BCUT2D eigenvalue weighted by Crippen LogP contribution is 1.57. The van der Waals surface area contributed by atoms with Gasteiger partial charge in [0.1, 0.15) is 19.0 Å². The van der Waals surface area contributed by atoms with Crippen molar-refractivity contribution in [2.45, 2.75) is 0 Å². The van der Waals surface area contributed by atoms with Crippen molar-refractivity contribution in [2.75, 3.05) is 0 Å². The van der Waals surface area contributed by atoms with E-state index in [1.54, 1.807) is 0 Å². The minimum absolute atomic E-state index is 0.750. The van der Waals surface area contributed by atoms with Crippen molar-refractivity contribution in [3.63, 3.8) is 0 Å². The van der Waals surface area contributed by atoms with Gasteiger partial charge in [0.25, 0.3) is 0 Å². The zero-order chi connectivity index (χ0) is 9.66. The number of hydrogen-bond acceptors (Lipinski definition) is 7. The van der Waals surface area contributed by atoms with Crippen molar-refractivity contribution in [2.24, 2.45) is 0 Å². The topological polar surface area (TPSA) is 121 Å². The van der Waals surface area contributed by atoms with Crippen LogP contribution in [0.2, 0.25) is 0 Å². The first kappa shape index (κ1) is 12.4. The molecule has 7 heteroatoms. The molecule has 0 unspecified atom stereocenters. The second kappa shape index (κ2) is 15.9. The van der Waals surface area contributed by atoms with Gasteiger partial charge in [-0.2, -0.15) is 0 Å². The number of nitrogens with one attached hydrogen (secondary N) is 2. The van der Waals surface area contributed by atoms with Gasteiger partial charge in [0.15, 0.2) is 0 Å². The highest BCUT2D eigenvalue weighted by Gasteiger charge is 1.59. The van der Waals surface area contributed by atoms with Crippen LogP contribution in [-0.2, 0) is 9.59 Å². The lowest BCUT2D eigenvalue weighted by atomic mass is 11.1. The molecule has 0 amide bonds. The van der Waals surface area contributed by atoms with E-state index in [1.807, 2.05) is 0 Å². The van der Waals surface area contributed by atoms with E-state index < -0.39 is 0 Å². The molecule has 7 nitrogen and oxygen atoms in total. The third kappa shape index (κ3) is 25.1. The number of rotatable bonds is 0. The number of isocyanates is 2. The Kier molecular flexibility index (Phi) is 16.5. The van der Waals surface area contributed by atoms with Crippen molar-refractivity contribution in [1.29, 1.82) is 10.8 Å². The van der Waals surface area contributed by atoms with Crippen molar-refractivity contribution in [3.8, 4) is 0 Å². The predicted octanol–water partition coefficient (Wildman–Crippen LogP) is -0.326. The largest absolute Gasteiger partial charge is 0.231 e. The lowest BCUT2D eigenvalue weighted by molar-refractivity contribution is 0.562. The third-order valence-electron chi connectivity index (χ3n) is 0.400. The van der Waals surface area contributed by atoms with E-state index >= 15 is 0 Å². The highest BCUT2D eigenvalue weighted by molar-refractivity contribution is 5.26. The van der Waals surface area contributed by atoms with Crippen molar-refractivity contribution in [3.05, 3.63) is 19.0 Å². The summed E-state index contributed by atoms with van der Waals surface area (Å²) in [6, 6.07) is 0. The van der Waals surface area contributed by atoms with E-state index in [0.29, 0.717) is 0 Å². The van der Waals surface area contributed by atoms with Crippen molar-refractivity contribution < 1.29 is 9.59 Å². The fourth-order valence-electron chi connectivity index (χ4n) is 0.205. The zero-order valence-electron chi connectivity index (χ0n) is 5.89. The first-order valence-corrected chi connectivity index (χ1v) is 2.46. The Labute approximate surface area is 67.5 Å². The second-order valence-corrected chi connectivity index (χ2v) is 0.998. The van der Waals surface area contributed by atoms with Crippen molar-refractivity contribution in [1.82, 2.24) is 15.0 Å². The maximum atomic E-state index is 8.35. The fraction of sp³-hybridized carbons (Fsp3) is 0. The summed E-state index contributed by atoms with van der Waals surface area (Å²) in [4.78, 5) is 27.4. The van der Waals surface area contributed by atoms with Gasteiger partial charge in [0.05, 0.1) is 0 Å². The van der Waals surface area contributed by atoms with Crippen LogP contribution in [0.15, 0.2) is 19.0 Å². The zero-order valence-corrected chi connectivity index (χ0v) is 5.89. The van der Waals surface area contributed by atoms with Crippen LogP contribution in [0.4, 0.5) is 0 Å². The molecule has 62 valence electrons. The molecule has 2 N–H and O–H groups in total. The second-order valence-electron chi connectivity index (χ2n) is 0.998. The predicted molar refractivity (Wildman–Crippen MR) is 36.7 cm³/mol. The van der Waals surface area contributed by atoms with Crippen LogP contribution in [0.1, 0.15) is 0 Å². The molecular formula is C5H5N5O2. The van der Waals surface area contributed by atoms with Gasteiger partial charge in [-0.05, 0) is 0 Å². The maximum absolute atomic E-state index is 8.35. The van der Waals surface area contributed by atoms with E-state index in [1.165, 1.54) is 19.0 Å². The molecule has 0 aliphatic heterocycles. The van der Waals surface area contributed by atoms with Gasteiger partial charge >= 0.3 is 0 Å². The summed E-state index contributed by atoms with van der Waals surface area (Å²) in [7, 11) is 0. The van der Waals surface area contributed by atoms with Gasteiger partial charge in [-0.3, -0.25) is 0 Å². The Morgan fingerprint density at radius 3 is 1.08 bits per heavy atom. The molecule has 0 fully saturated rings. The van der Waals surface area contributed by atoms with E-state index in [-0.39, 0.29) is 0 Å². The molecule has 0 spiro atoms. The van der Waals surface area contributed by atoms with Gasteiger partial charge in [-0.25, -0.2) is 35.4 Å². The van der Waals surface area contributed by atoms with Gasteiger partial charge in [0.2, 0.25) is 12.2 Å². The van der Waals surface area contributed by atoms with E-state index in [0.717, 1.165) is 12.2 Å². The van der Waals surface area contributed by atoms with Crippen molar-refractivity contribution >= 4 is 12.2 Å². The Morgan fingerprint density at radius 2 is 1.00 bits per heavy atom. The normalized spacial score (nSPS) is 5.33. The molecule has 0 saturated heterocycles. The molecule has 1 aromatic rings. The van der Waals surface area contributed by atoms with Crippen LogP contribution in [0.3, 0.4) is 0 Å². The van der Waals surface area contributed by atoms with E-state index in [4.69, 9.17) is 20.4 Å². The Morgan fingerprint density at radius 1 is 0.833 bits per heavy atom. The number of nitrogens with zero attached hydrogens (tertiary/aromatic N) is 3. The molecule has 0 aliphatic rings. The molecule has 1 heterocycles. The van der Waals surface area contributed by atoms with Crippen LogP contribution in [0.25, 0.3) is 0 Å². The van der Waals surface area contributed by atoms with Gasteiger partial charge in [-0.15, -0.1) is 0 Å². The molecule has 0 bridgehead atoms. The van der Waals surface area contributed by atoms with Gasteiger partial charge in [-0.1, -0.05) is 0 Å². The first-order chi connectivity index (χ1) is 5.83. The summed E-state index contributed by atoms with van der Waals surface area (Å²) in [6.45, 7) is 0. The Hall–Kier alpha value is -2.23. The standard InChI is InChI=1S/C3H3N3.2CHNO/c1-4-2-6-3-5-1;2*2-1-3/h1-3H;2*2H. The molecule has 1 rings (SSSR count). The summed E-state index contributed by atoms with van der Waals surface area (Å²) >= 11 is 0. The quantitative estimate of drug-likeness (QED) is 0.405. The Bertz CT molecular complexity index is 199. The number of hydrogen-bond donors (Lipinski definition) is 2. The molecule has 0 aliphatic carbocycles. The fourth-order valence-corrected chi connectivity index (χ4v) is 0.205. The van der Waals surface area contributed by atoms with Crippen LogP contribution >= 0.6 is 0 Å². The third-order valence-corrected chi connectivity index (χ3v) is 0.400. The first-order valence-electron chi connectivity index (χ1n) is 2.46. The highest BCUT2D eigenvalue weighted by atomic mass is 16.1. The minimum Gasteiger partial charge on any atom is -0.225 e. The summed E-state index contributed by atoms with van der Waals surface area (Å²) in [6.07, 6.45) is 5.81.